The maximum atomic E-state index is 14.0. The number of carbonyl (C=O) groups excluding carboxylic acids is 3. The van der Waals surface area contributed by atoms with Gasteiger partial charge in [-0.2, -0.15) is 5.10 Å². The van der Waals surface area contributed by atoms with Gasteiger partial charge in [0.25, 0.3) is 5.91 Å². The van der Waals surface area contributed by atoms with Gasteiger partial charge in [-0.05, 0) is 96.2 Å². The van der Waals surface area contributed by atoms with E-state index in [2.05, 4.69) is 15.2 Å². The number of nitrogens with one attached hydrogen (secondary N) is 1. The number of aromatic amines is 1. The SMILES string of the molecule is CN(C(=O)c1ccccc1Sc1ccc2c(/C=C/c3ccccn3)n[nH]c2c1)P(=O)(OCOC(=O)C(C)(C)C)OCOC(=O)C(C)(C)C. The van der Waals surface area contributed by atoms with Crippen LogP contribution in [0.3, 0.4) is 0 Å². The highest BCUT2D eigenvalue weighted by Gasteiger charge is 2.38. The minimum Gasteiger partial charge on any atom is -0.437 e. The Labute approximate surface area is 283 Å². The van der Waals surface area contributed by atoms with Crippen LogP contribution in [-0.2, 0) is 32.7 Å². The van der Waals surface area contributed by atoms with Crippen molar-refractivity contribution in [2.75, 3.05) is 20.6 Å². The third kappa shape index (κ3) is 9.41. The summed E-state index contributed by atoms with van der Waals surface area (Å²) < 4.78 is 35.8. The zero-order valence-electron chi connectivity index (χ0n) is 27.9. The zero-order valence-corrected chi connectivity index (χ0v) is 29.6. The van der Waals surface area contributed by atoms with E-state index in [0.717, 1.165) is 31.9 Å². The molecule has 0 aliphatic carbocycles. The second kappa shape index (κ2) is 15.3. The van der Waals surface area contributed by atoms with Crippen LogP contribution in [0.4, 0.5) is 0 Å². The number of hydrogen-bond donors (Lipinski definition) is 1. The van der Waals surface area contributed by atoms with Crippen molar-refractivity contribution in [1.29, 1.82) is 0 Å². The zero-order chi connectivity index (χ0) is 35.1. The summed E-state index contributed by atoms with van der Waals surface area (Å²) in [5.41, 5.74) is 0.851. The maximum Gasteiger partial charge on any atom is 0.443 e. The van der Waals surface area contributed by atoms with Crippen molar-refractivity contribution in [1.82, 2.24) is 19.9 Å². The molecule has 1 amide bonds. The first-order valence-corrected chi connectivity index (χ1v) is 17.3. The molecule has 48 heavy (non-hydrogen) atoms. The number of nitrogens with zero attached hydrogens (tertiary/aromatic N) is 3. The first kappa shape index (κ1) is 36.5. The minimum atomic E-state index is -4.51. The average molecular weight is 695 g/mol. The third-order valence-electron chi connectivity index (χ3n) is 6.71. The Hall–Kier alpha value is -4.29. The highest BCUT2D eigenvalue weighted by Crippen LogP contribution is 2.52. The molecule has 4 aromatic rings. The van der Waals surface area contributed by atoms with Gasteiger partial charge in [0.2, 0.25) is 13.6 Å². The van der Waals surface area contributed by atoms with Crippen LogP contribution in [-0.4, -0.2) is 58.3 Å². The van der Waals surface area contributed by atoms with Gasteiger partial charge < -0.3 is 9.47 Å². The number of carbonyl (C=O) groups is 3. The van der Waals surface area contributed by atoms with Crippen LogP contribution in [0, 0.1) is 10.8 Å². The van der Waals surface area contributed by atoms with Crippen LogP contribution < -0.4 is 0 Å². The van der Waals surface area contributed by atoms with Gasteiger partial charge in [-0.15, -0.1) is 0 Å². The molecule has 2 aromatic carbocycles. The molecule has 0 aliphatic rings. The Morgan fingerprint density at radius 2 is 1.50 bits per heavy atom. The molecule has 2 aromatic heterocycles. The lowest BCUT2D eigenvalue weighted by Crippen LogP contribution is -2.30. The van der Waals surface area contributed by atoms with Crippen LogP contribution in [0.1, 0.15) is 63.3 Å². The standard InChI is InChI=1S/C34H39N4O8PS/c1-33(2,3)31(40)43-21-45-47(42,46-22-44-32(41)34(4,5)6)38(7)30(39)26-13-8-9-14-29(26)48-24-16-17-25-27(36-37-28(25)20-24)18-15-23-12-10-11-19-35-23/h8-20H,21-22H2,1-7H3,(H,36,37)/b18-15+. The van der Waals surface area contributed by atoms with E-state index in [4.69, 9.17) is 18.5 Å². The molecule has 0 bridgehead atoms. The quantitative estimate of drug-likeness (QED) is 0.0888. The number of rotatable bonds is 12. The van der Waals surface area contributed by atoms with Crippen molar-refractivity contribution in [3.63, 3.8) is 0 Å². The van der Waals surface area contributed by atoms with Gasteiger partial charge in [-0.25, -0.2) is 9.24 Å². The predicted octanol–water partition coefficient (Wildman–Crippen LogP) is 7.59. The molecule has 254 valence electrons. The molecule has 0 unspecified atom stereocenters. The van der Waals surface area contributed by atoms with Crippen molar-refractivity contribution in [3.8, 4) is 0 Å². The van der Waals surface area contributed by atoms with Crippen LogP contribution in [0.2, 0.25) is 0 Å². The topological polar surface area (TPSA) is 150 Å². The number of amides is 1. The van der Waals surface area contributed by atoms with Crippen molar-refractivity contribution in [3.05, 3.63) is 83.8 Å². The van der Waals surface area contributed by atoms with Gasteiger partial charge in [0.05, 0.1) is 33.3 Å². The Kier molecular flexibility index (Phi) is 11.6. The molecule has 14 heteroatoms. The summed E-state index contributed by atoms with van der Waals surface area (Å²) in [7, 11) is -3.28. The number of benzene rings is 2. The van der Waals surface area contributed by atoms with Gasteiger partial charge in [0, 0.05) is 28.4 Å². The van der Waals surface area contributed by atoms with Crippen LogP contribution in [0.25, 0.3) is 23.1 Å². The fourth-order valence-electron chi connectivity index (χ4n) is 3.93. The molecule has 0 saturated heterocycles. The fraction of sp³-hybridized carbons (Fsp3) is 0.324. The van der Waals surface area contributed by atoms with Crippen molar-refractivity contribution >= 4 is 60.4 Å². The normalized spacial score (nSPS) is 12.3. The van der Waals surface area contributed by atoms with Gasteiger partial charge in [-0.1, -0.05) is 30.0 Å². The van der Waals surface area contributed by atoms with Crippen molar-refractivity contribution < 1.29 is 37.5 Å². The summed E-state index contributed by atoms with van der Waals surface area (Å²) in [5, 5.41) is 8.38. The summed E-state index contributed by atoms with van der Waals surface area (Å²) in [6.45, 7) is 8.33. The van der Waals surface area contributed by atoms with Gasteiger partial charge in [-0.3, -0.25) is 33.5 Å². The molecule has 0 aliphatic heterocycles. The Morgan fingerprint density at radius 3 is 2.10 bits per heavy atom. The number of hydrogen-bond acceptors (Lipinski definition) is 11. The summed E-state index contributed by atoms with van der Waals surface area (Å²) in [6.07, 6.45) is 5.49. The van der Waals surface area contributed by atoms with Gasteiger partial charge >= 0.3 is 19.7 Å². The number of ether oxygens (including phenoxy) is 2. The van der Waals surface area contributed by atoms with E-state index in [1.165, 1.54) is 18.8 Å². The second-order valence-electron chi connectivity index (χ2n) is 12.7. The van der Waals surface area contributed by atoms with E-state index >= 15 is 0 Å². The van der Waals surface area contributed by atoms with E-state index in [1.807, 2.05) is 48.6 Å². The first-order chi connectivity index (χ1) is 22.6. The smallest absolute Gasteiger partial charge is 0.437 e. The highest BCUT2D eigenvalue weighted by atomic mass is 32.2. The third-order valence-corrected chi connectivity index (χ3v) is 9.55. The summed E-state index contributed by atoms with van der Waals surface area (Å²) in [4.78, 5) is 44.1. The maximum absolute atomic E-state index is 14.0. The molecule has 0 saturated carbocycles. The molecule has 0 fully saturated rings. The Bertz CT molecular complexity index is 1810. The summed E-state index contributed by atoms with van der Waals surface area (Å²) in [6, 6.07) is 18.2. The van der Waals surface area contributed by atoms with Crippen LogP contribution in [0.15, 0.2) is 76.7 Å². The Morgan fingerprint density at radius 1 is 0.875 bits per heavy atom. The van der Waals surface area contributed by atoms with E-state index in [0.29, 0.717) is 4.90 Å². The molecule has 4 rings (SSSR count). The van der Waals surface area contributed by atoms with E-state index in [9.17, 15) is 18.9 Å². The molecule has 1 N–H and O–H groups in total. The average Bonchev–Trinajstić information content (AvgIpc) is 3.45. The van der Waals surface area contributed by atoms with Crippen molar-refractivity contribution in [2.24, 2.45) is 10.8 Å². The van der Waals surface area contributed by atoms with Crippen LogP contribution >= 0.6 is 19.5 Å². The number of aromatic nitrogens is 3. The largest absolute Gasteiger partial charge is 0.443 e. The first-order valence-electron chi connectivity index (χ1n) is 14.9. The van der Waals surface area contributed by atoms with E-state index in [1.54, 1.807) is 72.0 Å². The lowest BCUT2D eigenvalue weighted by Gasteiger charge is -2.28. The summed E-state index contributed by atoms with van der Waals surface area (Å²) in [5.74, 6) is -1.93. The Balaban J connectivity index is 1.54. The molecular formula is C34H39N4O8PS. The highest BCUT2D eigenvalue weighted by molar-refractivity contribution is 7.99. The van der Waals surface area contributed by atoms with E-state index < -0.39 is 50.0 Å². The lowest BCUT2D eigenvalue weighted by molar-refractivity contribution is -0.162. The van der Waals surface area contributed by atoms with Gasteiger partial charge in [0.1, 0.15) is 0 Å². The molecule has 12 nitrogen and oxygen atoms in total. The number of pyridine rings is 1. The number of esters is 2. The van der Waals surface area contributed by atoms with E-state index in [-0.39, 0.29) is 5.56 Å². The van der Waals surface area contributed by atoms with Gasteiger partial charge in [0.15, 0.2) is 0 Å². The molecule has 0 atom stereocenters. The molecule has 2 heterocycles. The molecular weight excluding hydrogens is 655 g/mol. The number of H-pyrrole nitrogens is 1. The summed E-state index contributed by atoms with van der Waals surface area (Å²) >= 11 is 1.32. The number of fused-ring (bicyclic) bond motifs is 1. The molecule has 0 spiro atoms. The fourth-order valence-corrected chi connectivity index (χ4v) is 6.03. The second-order valence-corrected chi connectivity index (χ2v) is 15.8. The minimum absolute atomic E-state index is 0.208. The monoisotopic (exact) mass is 694 g/mol. The van der Waals surface area contributed by atoms with Crippen LogP contribution in [0.5, 0.6) is 0 Å². The molecule has 0 radical (unpaired) electrons. The lowest BCUT2D eigenvalue weighted by atomic mass is 9.98. The predicted molar refractivity (Wildman–Crippen MR) is 183 cm³/mol. The van der Waals surface area contributed by atoms with Crippen molar-refractivity contribution in [2.45, 2.75) is 51.3 Å².